The van der Waals surface area contributed by atoms with E-state index in [9.17, 15) is 14.0 Å². The molecule has 0 heterocycles. The quantitative estimate of drug-likeness (QED) is 0.424. The molecule has 0 amide bonds. The van der Waals surface area contributed by atoms with Crippen LogP contribution in [0.1, 0.15) is 34.0 Å². The number of halogens is 2. The van der Waals surface area contributed by atoms with Crippen LogP contribution < -0.4 is 4.74 Å². The lowest BCUT2D eigenvalue weighted by Crippen LogP contribution is -2.28. The number of aliphatic carboxylic acids is 1. The zero-order valence-corrected chi connectivity index (χ0v) is 18.3. The number of nitrogens with zero attached hydrogens (tertiary/aromatic N) is 1. The molecule has 0 aliphatic heterocycles. The molecule has 32 heavy (non-hydrogen) atoms. The number of hydrogen-bond donors (Lipinski definition) is 1. The summed E-state index contributed by atoms with van der Waals surface area (Å²) >= 11 is 6.01. The number of carboxylic acids is 1. The first kappa shape index (κ1) is 23.4. The Kier molecular flexibility index (Phi) is 7.98. The number of ketones is 1. The Bertz CT molecular complexity index is 1090. The van der Waals surface area contributed by atoms with Crippen molar-refractivity contribution in [2.24, 2.45) is 0 Å². The van der Waals surface area contributed by atoms with E-state index in [2.05, 4.69) is 0 Å². The molecule has 166 valence electrons. The van der Waals surface area contributed by atoms with E-state index in [0.717, 1.165) is 5.56 Å². The third-order valence-electron chi connectivity index (χ3n) is 4.91. The Morgan fingerprint density at radius 1 is 1.06 bits per heavy atom. The molecule has 0 aliphatic rings. The first-order chi connectivity index (χ1) is 15.3. The maximum atomic E-state index is 14.0. The molecule has 0 saturated heterocycles. The van der Waals surface area contributed by atoms with Crippen molar-refractivity contribution in [2.45, 2.75) is 12.5 Å². The van der Waals surface area contributed by atoms with Crippen LogP contribution in [0.3, 0.4) is 0 Å². The summed E-state index contributed by atoms with van der Waals surface area (Å²) in [5.74, 6) is -1.47. The Balaban J connectivity index is 1.81. The highest BCUT2D eigenvalue weighted by Gasteiger charge is 2.18. The molecule has 0 aromatic heterocycles. The number of carbonyl (C=O) groups is 2. The number of likely N-dealkylation sites (N-methyl/N-ethyl adjacent to an activating group) is 1. The van der Waals surface area contributed by atoms with Gasteiger partial charge in [-0.15, -0.1) is 0 Å². The van der Waals surface area contributed by atoms with Crippen LogP contribution in [0.5, 0.6) is 5.75 Å². The number of carbonyl (C=O) groups excluding carboxylic acids is 1. The maximum absolute atomic E-state index is 14.0. The van der Waals surface area contributed by atoms with Crippen LogP contribution in [0.2, 0.25) is 5.02 Å². The van der Waals surface area contributed by atoms with Crippen molar-refractivity contribution >= 4 is 23.4 Å². The summed E-state index contributed by atoms with van der Waals surface area (Å²) in [7, 11) is 1.72. The van der Waals surface area contributed by atoms with E-state index in [-0.39, 0.29) is 12.1 Å². The molecular formula is C25H23ClFNO4. The zero-order valence-electron chi connectivity index (χ0n) is 17.5. The van der Waals surface area contributed by atoms with Crippen molar-refractivity contribution < 1.29 is 23.8 Å². The summed E-state index contributed by atoms with van der Waals surface area (Å²) in [6, 6.07) is 19.6. The normalized spacial score (nSPS) is 11.9. The summed E-state index contributed by atoms with van der Waals surface area (Å²) in [5.41, 5.74) is 1.17. The summed E-state index contributed by atoms with van der Waals surface area (Å²) in [4.78, 5) is 25.4. The van der Waals surface area contributed by atoms with Gasteiger partial charge in [-0.05, 0) is 49.0 Å². The van der Waals surface area contributed by atoms with E-state index < -0.39 is 23.7 Å². The van der Waals surface area contributed by atoms with Crippen LogP contribution in [0.4, 0.5) is 4.39 Å². The number of ether oxygens (including phenoxy) is 1. The van der Waals surface area contributed by atoms with Crippen molar-refractivity contribution in [2.75, 3.05) is 20.1 Å². The first-order valence-corrected chi connectivity index (χ1v) is 10.4. The molecule has 1 N–H and O–H groups in total. The topological polar surface area (TPSA) is 66.8 Å². The molecule has 0 spiro atoms. The molecule has 0 aliphatic carbocycles. The molecule has 1 unspecified atom stereocenters. The van der Waals surface area contributed by atoms with Gasteiger partial charge < -0.3 is 9.84 Å². The van der Waals surface area contributed by atoms with Crippen molar-refractivity contribution in [1.82, 2.24) is 4.90 Å². The van der Waals surface area contributed by atoms with Crippen LogP contribution in [-0.2, 0) is 4.79 Å². The third-order valence-corrected chi connectivity index (χ3v) is 5.17. The van der Waals surface area contributed by atoms with Gasteiger partial charge in [-0.2, -0.15) is 0 Å². The highest BCUT2D eigenvalue weighted by atomic mass is 35.5. The fourth-order valence-corrected chi connectivity index (χ4v) is 3.42. The Labute approximate surface area is 191 Å². The predicted octanol–water partition coefficient (Wildman–Crippen LogP) is 5.24. The smallest absolute Gasteiger partial charge is 0.317 e. The number of hydrogen-bond acceptors (Lipinski definition) is 4. The highest BCUT2D eigenvalue weighted by Crippen LogP contribution is 2.27. The lowest BCUT2D eigenvalue weighted by molar-refractivity contribution is -0.138. The van der Waals surface area contributed by atoms with Gasteiger partial charge in [0.1, 0.15) is 17.7 Å². The first-order valence-electron chi connectivity index (χ1n) is 10.0. The van der Waals surface area contributed by atoms with E-state index in [1.807, 2.05) is 12.1 Å². The number of benzene rings is 3. The zero-order chi connectivity index (χ0) is 23.1. The van der Waals surface area contributed by atoms with Gasteiger partial charge in [0.2, 0.25) is 0 Å². The minimum absolute atomic E-state index is 0.00537. The monoisotopic (exact) mass is 455 g/mol. The van der Waals surface area contributed by atoms with Gasteiger partial charge in [0, 0.05) is 23.6 Å². The van der Waals surface area contributed by atoms with Gasteiger partial charge in [0.25, 0.3) is 0 Å². The molecule has 0 bridgehead atoms. The van der Waals surface area contributed by atoms with Crippen LogP contribution in [0.25, 0.3) is 0 Å². The second-order valence-electron chi connectivity index (χ2n) is 7.42. The summed E-state index contributed by atoms with van der Waals surface area (Å²) in [5, 5.41) is 9.57. The molecule has 0 fully saturated rings. The third kappa shape index (κ3) is 6.39. The van der Waals surface area contributed by atoms with Gasteiger partial charge in [-0.25, -0.2) is 4.39 Å². The minimum atomic E-state index is -0.907. The predicted molar refractivity (Wildman–Crippen MR) is 121 cm³/mol. The molecule has 1 atom stereocenters. The van der Waals surface area contributed by atoms with Gasteiger partial charge in [-0.1, -0.05) is 48.0 Å². The number of carboxylic acid groups (broad SMARTS) is 1. The largest absolute Gasteiger partial charge is 0.486 e. The van der Waals surface area contributed by atoms with Crippen molar-refractivity contribution in [3.05, 3.63) is 100 Å². The molecule has 5 nitrogen and oxygen atoms in total. The van der Waals surface area contributed by atoms with E-state index >= 15 is 0 Å². The van der Waals surface area contributed by atoms with E-state index in [1.54, 1.807) is 54.4 Å². The van der Waals surface area contributed by atoms with Crippen LogP contribution in [0.15, 0.2) is 72.8 Å². The van der Waals surface area contributed by atoms with Crippen molar-refractivity contribution in [1.29, 1.82) is 0 Å². The second-order valence-corrected chi connectivity index (χ2v) is 7.85. The van der Waals surface area contributed by atoms with Gasteiger partial charge in [-0.3, -0.25) is 14.5 Å². The van der Waals surface area contributed by atoms with E-state index in [1.165, 1.54) is 18.2 Å². The van der Waals surface area contributed by atoms with Crippen molar-refractivity contribution in [3.8, 4) is 5.75 Å². The lowest BCUT2D eigenvalue weighted by atomic mass is 10.0. The molecular weight excluding hydrogens is 433 g/mol. The molecule has 3 aromatic rings. The summed E-state index contributed by atoms with van der Waals surface area (Å²) < 4.78 is 20.2. The fraction of sp³-hybridized carbons (Fsp3) is 0.200. The van der Waals surface area contributed by atoms with Crippen LogP contribution >= 0.6 is 11.6 Å². The lowest BCUT2D eigenvalue weighted by Gasteiger charge is -2.23. The maximum Gasteiger partial charge on any atom is 0.317 e. The molecule has 7 heteroatoms. The summed E-state index contributed by atoms with van der Waals surface area (Å²) in [6.07, 6.45) is 0.110. The molecule has 3 rings (SSSR count). The second kappa shape index (κ2) is 10.9. The fourth-order valence-electron chi connectivity index (χ4n) is 3.29. The number of rotatable bonds is 10. The van der Waals surface area contributed by atoms with Gasteiger partial charge in [0.05, 0.1) is 12.1 Å². The Morgan fingerprint density at radius 3 is 2.47 bits per heavy atom. The molecule has 0 saturated carbocycles. The SMILES string of the molecule is CN(CCC(Oc1cccc(C(=O)c2ccccc2F)c1)c1ccc(Cl)cc1)CC(=O)O. The standard InChI is InChI=1S/C25H23ClFNO4/c1-28(16-24(29)30)14-13-23(17-9-11-19(26)12-10-17)32-20-6-4-5-18(15-20)25(31)21-7-2-3-8-22(21)27/h2-12,15,23H,13-14,16H2,1H3,(H,29,30). The highest BCUT2D eigenvalue weighted by molar-refractivity contribution is 6.30. The molecule has 0 radical (unpaired) electrons. The average Bonchev–Trinajstić information content (AvgIpc) is 2.77. The summed E-state index contributed by atoms with van der Waals surface area (Å²) in [6.45, 7) is 0.396. The molecule has 3 aromatic carbocycles. The minimum Gasteiger partial charge on any atom is -0.486 e. The average molecular weight is 456 g/mol. The van der Waals surface area contributed by atoms with Crippen molar-refractivity contribution in [3.63, 3.8) is 0 Å². The van der Waals surface area contributed by atoms with Gasteiger partial charge >= 0.3 is 5.97 Å². The van der Waals surface area contributed by atoms with Crippen LogP contribution in [0, 0.1) is 5.82 Å². The van der Waals surface area contributed by atoms with Gasteiger partial charge in [0.15, 0.2) is 5.78 Å². The van der Waals surface area contributed by atoms with Crippen LogP contribution in [-0.4, -0.2) is 41.9 Å². The Hall–Kier alpha value is -3.22. The van der Waals surface area contributed by atoms with E-state index in [4.69, 9.17) is 21.4 Å². The Morgan fingerprint density at radius 2 is 1.78 bits per heavy atom. The van der Waals surface area contributed by atoms with E-state index in [0.29, 0.717) is 29.3 Å².